The van der Waals surface area contributed by atoms with E-state index >= 15 is 0 Å². The lowest BCUT2D eigenvalue weighted by molar-refractivity contribution is 0.0697. The average Bonchev–Trinajstić information content (AvgIpc) is 3.59. The van der Waals surface area contributed by atoms with E-state index in [9.17, 15) is 14.3 Å². The van der Waals surface area contributed by atoms with Crippen LogP contribution in [0.2, 0.25) is 5.02 Å². The third kappa shape index (κ3) is 6.23. The maximum atomic E-state index is 14.2. The van der Waals surface area contributed by atoms with Crippen LogP contribution in [-0.2, 0) is 20.2 Å². The Morgan fingerprint density at radius 2 is 1.95 bits per heavy atom. The first-order valence-corrected chi connectivity index (χ1v) is 14.5. The van der Waals surface area contributed by atoms with Gasteiger partial charge in [-0.3, -0.25) is 4.90 Å². The summed E-state index contributed by atoms with van der Waals surface area (Å²) < 4.78 is 22.0. The van der Waals surface area contributed by atoms with Crippen molar-refractivity contribution in [2.24, 2.45) is 7.05 Å². The number of nitrogens with zero attached hydrogens (tertiary/aromatic N) is 7. The molecule has 3 aromatic heterocycles. The standard InChI is InChI=1S/C31H31ClFN7O3/c1-19(27-16-34-38(2)37-27)40-28-14-21(31(41)42)7-9-26(28)35-29(40)17-39-12-10-20(11-13-39)25-4-3-5-30(36-25)43-18-22-6-8-23(32)15-24(22)33/h3-9,14-16,19-20H,10-13,17-18H2,1-2H3,(H,41,42). The second-order valence-corrected chi connectivity index (χ2v) is 11.3. The molecule has 0 saturated carbocycles. The second kappa shape index (κ2) is 12.1. The van der Waals surface area contributed by atoms with Crippen molar-refractivity contribution in [1.29, 1.82) is 0 Å². The van der Waals surface area contributed by atoms with Crippen LogP contribution in [0.3, 0.4) is 0 Å². The number of hydrogen-bond acceptors (Lipinski definition) is 7. The van der Waals surface area contributed by atoms with Gasteiger partial charge in [-0.15, -0.1) is 0 Å². The monoisotopic (exact) mass is 603 g/mol. The van der Waals surface area contributed by atoms with Crippen molar-refractivity contribution in [3.63, 3.8) is 0 Å². The number of imidazole rings is 1. The molecule has 10 nitrogen and oxygen atoms in total. The number of aromatic nitrogens is 6. The number of halogens is 2. The molecule has 43 heavy (non-hydrogen) atoms. The van der Waals surface area contributed by atoms with Crippen LogP contribution >= 0.6 is 11.6 Å². The fourth-order valence-corrected chi connectivity index (χ4v) is 5.78. The lowest BCUT2D eigenvalue weighted by atomic mass is 9.93. The number of piperidine rings is 1. The van der Waals surface area contributed by atoms with Crippen LogP contribution in [0.25, 0.3) is 11.0 Å². The van der Waals surface area contributed by atoms with Crippen LogP contribution < -0.4 is 4.74 Å². The number of carbonyl (C=O) groups is 1. The molecular formula is C31H31ClFN7O3. The van der Waals surface area contributed by atoms with Gasteiger partial charge in [0.15, 0.2) is 0 Å². The van der Waals surface area contributed by atoms with Crippen LogP contribution in [0.4, 0.5) is 4.39 Å². The van der Waals surface area contributed by atoms with Crippen molar-refractivity contribution in [3.8, 4) is 5.88 Å². The number of fused-ring (bicyclic) bond motifs is 1. The first kappa shape index (κ1) is 28.8. The number of benzene rings is 2. The minimum Gasteiger partial charge on any atom is -0.478 e. The zero-order valence-corrected chi connectivity index (χ0v) is 24.6. The summed E-state index contributed by atoms with van der Waals surface area (Å²) in [4.78, 5) is 25.2. The highest BCUT2D eigenvalue weighted by molar-refractivity contribution is 6.30. The molecule has 5 aromatic rings. The van der Waals surface area contributed by atoms with Gasteiger partial charge in [0.2, 0.25) is 5.88 Å². The predicted octanol–water partition coefficient (Wildman–Crippen LogP) is 5.62. The number of carboxylic acid groups (broad SMARTS) is 1. The number of hydrogen-bond donors (Lipinski definition) is 1. The molecule has 0 bridgehead atoms. The van der Waals surface area contributed by atoms with Crippen LogP contribution in [-0.4, -0.2) is 58.6 Å². The number of ether oxygens (including phenoxy) is 1. The predicted molar refractivity (Wildman–Crippen MR) is 159 cm³/mol. The molecule has 1 unspecified atom stereocenters. The second-order valence-electron chi connectivity index (χ2n) is 10.8. The van der Waals surface area contributed by atoms with Gasteiger partial charge in [0, 0.05) is 35.3 Å². The highest BCUT2D eigenvalue weighted by Crippen LogP contribution is 2.31. The fourth-order valence-electron chi connectivity index (χ4n) is 5.62. The largest absolute Gasteiger partial charge is 0.478 e. The Hall–Kier alpha value is -4.35. The highest BCUT2D eigenvalue weighted by Gasteiger charge is 2.26. The Balaban J connectivity index is 1.16. The summed E-state index contributed by atoms with van der Waals surface area (Å²) in [6.45, 7) is 4.39. The Labute approximate surface area is 252 Å². The van der Waals surface area contributed by atoms with Crippen LogP contribution in [0.5, 0.6) is 5.88 Å². The SMILES string of the molecule is CC(c1cnn(C)n1)n1c(CN2CCC(c3cccc(OCc4ccc(Cl)cc4F)n3)CC2)nc2ccc(C(=O)O)cc21. The van der Waals surface area contributed by atoms with E-state index in [1.807, 2.05) is 19.1 Å². The van der Waals surface area contributed by atoms with E-state index in [4.69, 9.17) is 26.3 Å². The Kier molecular flexibility index (Phi) is 8.09. The molecule has 1 aliphatic heterocycles. The summed E-state index contributed by atoms with van der Waals surface area (Å²) in [5.41, 5.74) is 3.86. The first-order chi connectivity index (χ1) is 20.7. The maximum absolute atomic E-state index is 14.2. The molecule has 4 heterocycles. The van der Waals surface area contributed by atoms with E-state index in [-0.39, 0.29) is 24.1 Å². The van der Waals surface area contributed by atoms with Gasteiger partial charge in [-0.05, 0) is 69.3 Å². The van der Waals surface area contributed by atoms with E-state index in [0.29, 0.717) is 23.0 Å². The molecule has 1 N–H and O–H groups in total. The number of aromatic carboxylic acids is 1. The Morgan fingerprint density at radius 1 is 1.14 bits per heavy atom. The summed E-state index contributed by atoms with van der Waals surface area (Å²) in [6.07, 6.45) is 3.54. The summed E-state index contributed by atoms with van der Waals surface area (Å²) in [5.74, 6) is 0.185. The molecular weight excluding hydrogens is 573 g/mol. The van der Waals surface area contributed by atoms with Gasteiger partial charge in [0.05, 0.1) is 35.4 Å². The molecule has 0 radical (unpaired) electrons. The van der Waals surface area contributed by atoms with Gasteiger partial charge < -0.3 is 14.4 Å². The van der Waals surface area contributed by atoms with Gasteiger partial charge >= 0.3 is 5.97 Å². The minimum atomic E-state index is -0.981. The van der Waals surface area contributed by atoms with Crippen molar-refractivity contribution in [3.05, 3.63) is 100.0 Å². The highest BCUT2D eigenvalue weighted by atomic mass is 35.5. The molecule has 1 aliphatic rings. The van der Waals surface area contributed by atoms with Crippen molar-refractivity contribution in [1.82, 2.24) is 34.4 Å². The fraction of sp³-hybridized carbons (Fsp3) is 0.323. The number of aryl methyl sites for hydroxylation is 1. The van der Waals surface area contributed by atoms with Crippen LogP contribution in [0.15, 0.2) is 60.8 Å². The number of carboxylic acids is 1. The van der Waals surface area contributed by atoms with Gasteiger partial charge in [0.25, 0.3) is 0 Å². The van der Waals surface area contributed by atoms with E-state index in [2.05, 4.69) is 19.7 Å². The summed E-state index contributed by atoms with van der Waals surface area (Å²) in [7, 11) is 1.77. The van der Waals surface area contributed by atoms with Crippen LogP contribution in [0, 0.1) is 5.82 Å². The molecule has 1 saturated heterocycles. The smallest absolute Gasteiger partial charge is 0.335 e. The molecule has 222 valence electrons. The molecule has 1 fully saturated rings. The quantitative estimate of drug-likeness (QED) is 0.231. The lowest BCUT2D eigenvalue weighted by Crippen LogP contribution is -2.34. The van der Waals surface area contributed by atoms with E-state index in [1.54, 1.807) is 49.6 Å². The summed E-state index contributed by atoms with van der Waals surface area (Å²) in [6, 6.07) is 15.1. The first-order valence-electron chi connectivity index (χ1n) is 14.1. The molecule has 1 atom stereocenters. The molecule has 6 rings (SSSR count). The molecule has 2 aromatic carbocycles. The van der Waals surface area contributed by atoms with E-state index in [0.717, 1.165) is 54.2 Å². The number of rotatable bonds is 9. The number of pyridine rings is 1. The van der Waals surface area contributed by atoms with Crippen molar-refractivity contribution < 1.29 is 19.0 Å². The maximum Gasteiger partial charge on any atom is 0.335 e. The van der Waals surface area contributed by atoms with E-state index in [1.165, 1.54) is 10.9 Å². The topological polar surface area (TPSA) is 111 Å². The lowest BCUT2D eigenvalue weighted by Gasteiger charge is -2.32. The van der Waals surface area contributed by atoms with E-state index < -0.39 is 11.8 Å². The molecule has 0 spiro atoms. The molecule has 12 heteroatoms. The summed E-state index contributed by atoms with van der Waals surface area (Å²) in [5, 5.41) is 18.7. The van der Waals surface area contributed by atoms with Crippen molar-refractivity contribution in [2.45, 2.75) is 44.9 Å². The van der Waals surface area contributed by atoms with Crippen molar-refractivity contribution >= 4 is 28.6 Å². The minimum absolute atomic E-state index is 0.0693. The average molecular weight is 604 g/mol. The van der Waals surface area contributed by atoms with Crippen molar-refractivity contribution in [2.75, 3.05) is 13.1 Å². The Morgan fingerprint density at radius 3 is 2.67 bits per heavy atom. The van der Waals surface area contributed by atoms with Gasteiger partial charge in [-0.1, -0.05) is 23.7 Å². The third-order valence-corrected chi connectivity index (χ3v) is 8.18. The number of likely N-dealkylation sites (tertiary alicyclic amines) is 1. The normalized spacial score (nSPS) is 15.2. The molecule has 0 amide bonds. The van der Waals surface area contributed by atoms with Gasteiger partial charge in [-0.25, -0.2) is 19.2 Å². The van der Waals surface area contributed by atoms with Gasteiger partial charge in [-0.2, -0.15) is 15.0 Å². The third-order valence-electron chi connectivity index (χ3n) is 7.95. The summed E-state index contributed by atoms with van der Waals surface area (Å²) >= 11 is 5.85. The van der Waals surface area contributed by atoms with Gasteiger partial charge in [0.1, 0.15) is 23.9 Å². The van der Waals surface area contributed by atoms with Crippen LogP contribution in [0.1, 0.15) is 64.9 Å². The molecule has 0 aliphatic carbocycles. The Bertz CT molecular complexity index is 1780. The zero-order valence-electron chi connectivity index (χ0n) is 23.8. The zero-order chi connectivity index (χ0) is 30.1.